The van der Waals surface area contributed by atoms with E-state index in [4.69, 9.17) is 19.5 Å². The summed E-state index contributed by atoms with van der Waals surface area (Å²) in [5, 5.41) is 15.0. The Morgan fingerprint density at radius 2 is 1.69 bits per heavy atom. The van der Waals surface area contributed by atoms with Crippen LogP contribution in [0.15, 0.2) is 36.4 Å². The van der Waals surface area contributed by atoms with Crippen LogP contribution in [0.1, 0.15) is 12.5 Å². The fourth-order valence-corrected chi connectivity index (χ4v) is 2.41. The summed E-state index contributed by atoms with van der Waals surface area (Å²) in [6, 6.07) is 11.7. The van der Waals surface area contributed by atoms with E-state index in [0.29, 0.717) is 34.2 Å². The third-order valence-electron chi connectivity index (χ3n) is 3.75. The summed E-state index contributed by atoms with van der Waals surface area (Å²) in [6.45, 7) is 1.72. The quantitative estimate of drug-likeness (QED) is 0.793. The van der Waals surface area contributed by atoms with Crippen molar-refractivity contribution in [2.45, 2.75) is 13.0 Å². The lowest BCUT2D eigenvalue weighted by Gasteiger charge is -2.18. The highest BCUT2D eigenvalue weighted by Gasteiger charge is 2.18. The lowest BCUT2D eigenvalue weighted by Crippen LogP contribution is -2.32. The van der Waals surface area contributed by atoms with E-state index >= 15 is 0 Å². The number of carbonyl (C=O) groups is 1. The smallest absolute Gasteiger partial charge is 0.246 e. The zero-order chi connectivity index (χ0) is 19.1. The molecular weight excluding hydrogens is 334 g/mol. The van der Waals surface area contributed by atoms with Gasteiger partial charge in [-0.3, -0.25) is 4.79 Å². The molecule has 2 N–H and O–H groups in total. The first-order valence-electron chi connectivity index (χ1n) is 7.90. The number of hydrogen-bond donors (Lipinski definition) is 2. The van der Waals surface area contributed by atoms with Crippen LogP contribution in [0.2, 0.25) is 0 Å². The van der Waals surface area contributed by atoms with Crippen molar-refractivity contribution in [1.29, 1.82) is 5.26 Å². The van der Waals surface area contributed by atoms with Crippen LogP contribution in [-0.4, -0.2) is 33.3 Å². The number of amides is 1. The molecule has 0 aromatic heterocycles. The SMILES string of the molecule is COc1cc(NC(C)C(=O)Nc2ccccc2C#N)cc(OC)c1OC. The van der Waals surface area contributed by atoms with Crippen LogP contribution in [0.3, 0.4) is 0 Å². The number of para-hydroxylation sites is 1. The molecule has 7 nitrogen and oxygen atoms in total. The zero-order valence-corrected chi connectivity index (χ0v) is 15.1. The Kier molecular flexibility index (Phi) is 6.28. The molecule has 1 amide bonds. The van der Waals surface area contributed by atoms with Gasteiger partial charge >= 0.3 is 0 Å². The highest BCUT2D eigenvalue weighted by atomic mass is 16.5. The first-order chi connectivity index (χ1) is 12.5. The van der Waals surface area contributed by atoms with Crippen LogP contribution in [0, 0.1) is 11.3 Å². The van der Waals surface area contributed by atoms with Gasteiger partial charge in [-0.1, -0.05) is 12.1 Å². The molecule has 0 aliphatic carbocycles. The topological polar surface area (TPSA) is 92.6 Å². The van der Waals surface area contributed by atoms with E-state index in [1.165, 1.54) is 21.3 Å². The Hall–Kier alpha value is -3.40. The highest BCUT2D eigenvalue weighted by Crippen LogP contribution is 2.40. The molecule has 26 heavy (non-hydrogen) atoms. The van der Waals surface area contributed by atoms with Crippen molar-refractivity contribution in [2.75, 3.05) is 32.0 Å². The number of rotatable bonds is 7. The summed E-state index contributed by atoms with van der Waals surface area (Å²) in [6.07, 6.45) is 0. The molecule has 0 aliphatic rings. The molecule has 0 fully saturated rings. The molecule has 0 bridgehead atoms. The van der Waals surface area contributed by atoms with Crippen LogP contribution >= 0.6 is 0 Å². The second kappa shape index (κ2) is 8.62. The van der Waals surface area contributed by atoms with Crippen molar-refractivity contribution >= 4 is 17.3 Å². The lowest BCUT2D eigenvalue weighted by molar-refractivity contribution is -0.116. The van der Waals surface area contributed by atoms with Crippen LogP contribution < -0.4 is 24.8 Å². The van der Waals surface area contributed by atoms with E-state index in [1.807, 2.05) is 0 Å². The van der Waals surface area contributed by atoms with Crippen LogP contribution in [-0.2, 0) is 4.79 Å². The van der Waals surface area contributed by atoms with Gasteiger partial charge in [0.15, 0.2) is 11.5 Å². The fraction of sp³-hybridized carbons (Fsp3) is 0.263. The van der Waals surface area contributed by atoms with Gasteiger partial charge in [0.25, 0.3) is 0 Å². The second-order valence-electron chi connectivity index (χ2n) is 5.43. The largest absolute Gasteiger partial charge is 0.493 e. The predicted molar refractivity (Wildman–Crippen MR) is 99.0 cm³/mol. The number of nitrogens with zero attached hydrogens (tertiary/aromatic N) is 1. The molecule has 0 saturated carbocycles. The van der Waals surface area contributed by atoms with Crippen molar-refractivity contribution in [2.24, 2.45) is 0 Å². The van der Waals surface area contributed by atoms with Gasteiger partial charge in [0, 0.05) is 17.8 Å². The monoisotopic (exact) mass is 355 g/mol. The maximum Gasteiger partial charge on any atom is 0.246 e. The summed E-state index contributed by atoms with van der Waals surface area (Å²) < 4.78 is 15.9. The number of hydrogen-bond acceptors (Lipinski definition) is 6. The minimum Gasteiger partial charge on any atom is -0.493 e. The number of ether oxygens (including phenoxy) is 3. The van der Waals surface area contributed by atoms with Gasteiger partial charge in [0.2, 0.25) is 11.7 Å². The van der Waals surface area contributed by atoms with Gasteiger partial charge in [-0.25, -0.2) is 0 Å². The van der Waals surface area contributed by atoms with Crippen molar-refractivity contribution < 1.29 is 19.0 Å². The molecule has 1 unspecified atom stereocenters. The van der Waals surface area contributed by atoms with E-state index in [2.05, 4.69) is 16.7 Å². The van der Waals surface area contributed by atoms with E-state index < -0.39 is 6.04 Å². The Morgan fingerprint density at radius 3 is 2.23 bits per heavy atom. The van der Waals surface area contributed by atoms with Crippen molar-refractivity contribution in [1.82, 2.24) is 0 Å². The normalized spacial score (nSPS) is 11.0. The van der Waals surface area contributed by atoms with Crippen molar-refractivity contribution in [3.8, 4) is 23.3 Å². The average molecular weight is 355 g/mol. The molecule has 0 saturated heterocycles. The molecule has 0 radical (unpaired) electrons. The molecule has 2 aromatic rings. The maximum absolute atomic E-state index is 12.4. The minimum absolute atomic E-state index is 0.276. The molecular formula is C19H21N3O4. The summed E-state index contributed by atoms with van der Waals surface area (Å²) >= 11 is 0. The fourth-order valence-electron chi connectivity index (χ4n) is 2.41. The highest BCUT2D eigenvalue weighted by molar-refractivity contribution is 5.97. The summed E-state index contributed by atoms with van der Waals surface area (Å²) in [7, 11) is 4.57. The number of anilines is 2. The van der Waals surface area contributed by atoms with Crippen molar-refractivity contribution in [3.05, 3.63) is 42.0 Å². The van der Waals surface area contributed by atoms with E-state index in [0.717, 1.165) is 0 Å². The third-order valence-corrected chi connectivity index (χ3v) is 3.75. The molecule has 2 aromatic carbocycles. The molecule has 0 spiro atoms. The third kappa shape index (κ3) is 4.16. The molecule has 0 heterocycles. The van der Waals surface area contributed by atoms with Crippen LogP contribution in [0.5, 0.6) is 17.2 Å². The van der Waals surface area contributed by atoms with Crippen molar-refractivity contribution in [3.63, 3.8) is 0 Å². The number of carbonyl (C=O) groups excluding carboxylic acids is 1. The summed E-state index contributed by atoms with van der Waals surface area (Å²) in [5.41, 5.74) is 1.51. The second-order valence-corrected chi connectivity index (χ2v) is 5.43. The Morgan fingerprint density at radius 1 is 1.08 bits per heavy atom. The number of nitriles is 1. The first kappa shape index (κ1) is 18.9. The van der Waals surface area contributed by atoms with Gasteiger partial charge in [-0.15, -0.1) is 0 Å². The Balaban J connectivity index is 2.17. The summed E-state index contributed by atoms with van der Waals surface area (Å²) in [4.78, 5) is 12.4. The zero-order valence-electron chi connectivity index (χ0n) is 15.1. The van der Waals surface area contributed by atoms with Gasteiger partial charge in [0.05, 0.1) is 32.6 Å². The van der Waals surface area contributed by atoms with Gasteiger partial charge < -0.3 is 24.8 Å². The van der Waals surface area contributed by atoms with E-state index in [9.17, 15) is 4.79 Å². The molecule has 136 valence electrons. The minimum atomic E-state index is -0.565. The van der Waals surface area contributed by atoms with Gasteiger partial charge in [-0.2, -0.15) is 5.26 Å². The number of methoxy groups -OCH3 is 3. The summed E-state index contributed by atoms with van der Waals surface area (Å²) in [5.74, 6) is 1.16. The maximum atomic E-state index is 12.4. The standard InChI is InChI=1S/C19H21N3O4/c1-12(19(23)22-15-8-6-5-7-13(15)11-20)21-14-9-16(24-2)18(26-4)17(10-14)25-3/h5-10,12,21H,1-4H3,(H,22,23). The molecule has 2 rings (SSSR count). The Labute approximate surface area is 152 Å². The molecule has 0 aliphatic heterocycles. The lowest BCUT2D eigenvalue weighted by atomic mass is 10.2. The predicted octanol–water partition coefficient (Wildman–Crippen LogP) is 3.02. The number of benzene rings is 2. The van der Waals surface area contributed by atoms with Crippen LogP contribution in [0.4, 0.5) is 11.4 Å². The first-order valence-corrected chi connectivity index (χ1v) is 7.90. The van der Waals surface area contributed by atoms with Gasteiger partial charge in [0.1, 0.15) is 12.1 Å². The van der Waals surface area contributed by atoms with Gasteiger partial charge in [-0.05, 0) is 19.1 Å². The van der Waals surface area contributed by atoms with Crippen LogP contribution in [0.25, 0.3) is 0 Å². The molecule has 1 atom stereocenters. The number of nitrogens with one attached hydrogen (secondary N) is 2. The molecule has 7 heteroatoms. The van der Waals surface area contributed by atoms with E-state index in [-0.39, 0.29) is 5.91 Å². The Bertz CT molecular complexity index is 805. The average Bonchev–Trinajstić information content (AvgIpc) is 2.67. The van der Waals surface area contributed by atoms with E-state index in [1.54, 1.807) is 43.3 Å².